The van der Waals surface area contributed by atoms with Gasteiger partial charge in [0.1, 0.15) is 18.0 Å². The van der Waals surface area contributed by atoms with Crippen molar-refractivity contribution in [3.05, 3.63) is 80.5 Å². The van der Waals surface area contributed by atoms with Gasteiger partial charge in [-0.2, -0.15) is 10.2 Å². The first kappa shape index (κ1) is 17.1. The fraction of sp³-hybridized carbons (Fsp3) is 0.158. The van der Waals surface area contributed by atoms with E-state index in [0.29, 0.717) is 22.6 Å². The Morgan fingerprint density at radius 3 is 2.71 bits per heavy atom. The third-order valence-corrected chi connectivity index (χ3v) is 5.60. The minimum absolute atomic E-state index is 0.258. The summed E-state index contributed by atoms with van der Waals surface area (Å²) in [4.78, 5) is 16.7. The zero-order valence-electron chi connectivity index (χ0n) is 14.6. The summed E-state index contributed by atoms with van der Waals surface area (Å²) in [5, 5.41) is 15.3. The number of halogens is 2. The highest BCUT2D eigenvalue weighted by Crippen LogP contribution is 2.45. The minimum atomic E-state index is -0.482. The van der Waals surface area contributed by atoms with Gasteiger partial charge in [-0.1, -0.05) is 28.1 Å². The van der Waals surface area contributed by atoms with Gasteiger partial charge >= 0.3 is 0 Å². The predicted molar refractivity (Wildman–Crippen MR) is 106 cm³/mol. The van der Waals surface area contributed by atoms with Gasteiger partial charge in [-0.25, -0.2) is 14.5 Å². The number of rotatable bonds is 2. The van der Waals surface area contributed by atoms with Crippen LogP contribution < -0.4 is 10.9 Å². The van der Waals surface area contributed by atoms with Gasteiger partial charge in [0.25, 0.3) is 5.56 Å². The quantitative estimate of drug-likeness (QED) is 0.499. The Balaban J connectivity index is 1.82. The lowest BCUT2D eigenvalue weighted by Crippen LogP contribution is -2.30. The summed E-state index contributed by atoms with van der Waals surface area (Å²) >= 11 is 3.45. The van der Waals surface area contributed by atoms with Crippen molar-refractivity contribution in [3.8, 4) is 0 Å². The van der Waals surface area contributed by atoms with Gasteiger partial charge in [0.15, 0.2) is 0 Å². The largest absolute Gasteiger partial charge is 0.376 e. The lowest BCUT2D eigenvalue weighted by molar-refractivity contribution is 0.564. The van der Waals surface area contributed by atoms with E-state index in [1.165, 1.54) is 18.5 Å². The molecule has 7 nitrogen and oxygen atoms in total. The molecule has 0 radical (unpaired) electrons. The molecule has 2 aromatic carbocycles. The van der Waals surface area contributed by atoms with Crippen LogP contribution in [0.2, 0.25) is 0 Å². The second-order valence-corrected chi connectivity index (χ2v) is 7.62. The molecule has 0 aliphatic carbocycles. The highest BCUT2D eigenvalue weighted by atomic mass is 79.9. The molecule has 2 aromatic heterocycles. The Labute approximate surface area is 166 Å². The Bertz CT molecular complexity index is 1270. The maximum atomic E-state index is 14.2. The molecule has 4 aromatic rings. The molecular weight excluding hydrogens is 427 g/mol. The Kier molecular flexibility index (Phi) is 3.80. The molecule has 0 fully saturated rings. The van der Waals surface area contributed by atoms with Crippen LogP contribution in [-0.4, -0.2) is 25.0 Å². The molecule has 9 heteroatoms. The van der Waals surface area contributed by atoms with Gasteiger partial charge < -0.3 is 5.32 Å². The summed E-state index contributed by atoms with van der Waals surface area (Å²) in [5.74, 6) is -0.119. The molecule has 0 bridgehead atoms. The third-order valence-electron chi connectivity index (χ3n) is 5.07. The molecule has 140 valence electrons. The summed E-state index contributed by atoms with van der Waals surface area (Å²) in [6.45, 7) is 0. The third kappa shape index (κ3) is 2.54. The molecule has 2 atom stereocenters. The SMILES string of the molecule is Cn1ncnc1C1c2n[nH]c(=O)c3cc(F)cc(c23)NC1c1ccc(Br)cc1. The Morgan fingerprint density at radius 1 is 1.21 bits per heavy atom. The van der Waals surface area contributed by atoms with Crippen molar-refractivity contribution in [2.24, 2.45) is 7.05 Å². The fourth-order valence-corrected chi connectivity index (χ4v) is 4.10. The minimum Gasteiger partial charge on any atom is -0.376 e. The zero-order chi connectivity index (χ0) is 19.4. The number of H-pyrrole nitrogens is 1. The first-order chi connectivity index (χ1) is 13.5. The van der Waals surface area contributed by atoms with E-state index in [4.69, 9.17) is 0 Å². The Morgan fingerprint density at radius 2 is 2.00 bits per heavy atom. The zero-order valence-corrected chi connectivity index (χ0v) is 16.2. The smallest absolute Gasteiger partial charge is 0.272 e. The standard InChI is InChI=1S/C19H14BrFN6O/c1-27-18(22-8-23-27)15-16(9-2-4-10(20)5-3-9)24-13-7-11(21)6-12-14(13)17(15)25-26-19(12)28/h2-8,15-16,24H,1H3,(H,26,28). The monoisotopic (exact) mass is 440 g/mol. The molecule has 3 heterocycles. The Hall–Kier alpha value is -3.07. The second-order valence-electron chi connectivity index (χ2n) is 6.71. The van der Waals surface area contributed by atoms with Crippen LogP contribution >= 0.6 is 15.9 Å². The fourth-order valence-electron chi connectivity index (χ4n) is 3.84. The number of nitrogens with one attached hydrogen (secondary N) is 2. The average molecular weight is 441 g/mol. The van der Waals surface area contributed by atoms with Crippen LogP contribution in [0.15, 0.2) is 52.0 Å². The van der Waals surface area contributed by atoms with E-state index in [0.717, 1.165) is 10.0 Å². The van der Waals surface area contributed by atoms with Crippen LogP contribution in [0.5, 0.6) is 0 Å². The molecule has 5 rings (SSSR count). The maximum absolute atomic E-state index is 14.2. The molecular formula is C19H14BrFN6O. The van der Waals surface area contributed by atoms with Gasteiger partial charge in [-0.15, -0.1) is 0 Å². The van der Waals surface area contributed by atoms with Gasteiger partial charge in [0.05, 0.1) is 23.0 Å². The lowest BCUT2D eigenvalue weighted by atomic mass is 9.83. The van der Waals surface area contributed by atoms with E-state index in [1.807, 2.05) is 31.3 Å². The molecule has 0 spiro atoms. The van der Waals surface area contributed by atoms with E-state index in [2.05, 4.69) is 41.5 Å². The molecule has 0 saturated carbocycles. The van der Waals surface area contributed by atoms with Crippen molar-refractivity contribution < 1.29 is 4.39 Å². The van der Waals surface area contributed by atoms with Crippen LogP contribution in [-0.2, 0) is 7.05 Å². The van der Waals surface area contributed by atoms with Crippen LogP contribution in [0.1, 0.15) is 29.0 Å². The molecule has 1 aliphatic heterocycles. The van der Waals surface area contributed by atoms with E-state index >= 15 is 0 Å². The summed E-state index contributed by atoms with van der Waals surface area (Å²) in [7, 11) is 1.81. The van der Waals surface area contributed by atoms with Gasteiger partial charge in [0, 0.05) is 22.6 Å². The van der Waals surface area contributed by atoms with E-state index < -0.39 is 11.4 Å². The van der Waals surface area contributed by atoms with E-state index in [-0.39, 0.29) is 17.3 Å². The van der Waals surface area contributed by atoms with Crippen LogP contribution in [0.25, 0.3) is 10.8 Å². The number of hydrogen-bond acceptors (Lipinski definition) is 5. The predicted octanol–water partition coefficient (Wildman–Crippen LogP) is 3.25. The van der Waals surface area contributed by atoms with Gasteiger partial charge in [-0.3, -0.25) is 9.48 Å². The highest BCUT2D eigenvalue weighted by Gasteiger charge is 2.37. The second kappa shape index (κ2) is 6.23. The van der Waals surface area contributed by atoms with Crippen molar-refractivity contribution in [1.82, 2.24) is 25.0 Å². The molecule has 2 unspecified atom stereocenters. The lowest BCUT2D eigenvalue weighted by Gasteiger charge is -2.33. The van der Waals surface area contributed by atoms with Crippen molar-refractivity contribution in [3.63, 3.8) is 0 Å². The van der Waals surface area contributed by atoms with Crippen LogP contribution in [0, 0.1) is 5.82 Å². The topological polar surface area (TPSA) is 88.5 Å². The summed E-state index contributed by atoms with van der Waals surface area (Å²) in [6, 6.07) is 10.2. The van der Waals surface area contributed by atoms with Crippen molar-refractivity contribution in [2.75, 3.05) is 5.32 Å². The molecule has 28 heavy (non-hydrogen) atoms. The number of aryl methyl sites for hydroxylation is 1. The van der Waals surface area contributed by atoms with Crippen molar-refractivity contribution in [1.29, 1.82) is 0 Å². The summed E-state index contributed by atoms with van der Waals surface area (Å²) < 4.78 is 16.8. The molecule has 1 aliphatic rings. The highest BCUT2D eigenvalue weighted by molar-refractivity contribution is 9.10. The first-order valence-corrected chi connectivity index (χ1v) is 9.40. The van der Waals surface area contributed by atoms with Gasteiger partial charge in [0.2, 0.25) is 0 Å². The number of anilines is 1. The van der Waals surface area contributed by atoms with Crippen LogP contribution in [0.4, 0.5) is 10.1 Å². The summed E-state index contributed by atoms with van der Waals surface area (Å²) in [6.07, 6.45) is 1.48. The normalized spacial score (nSPS) is 18.2. The average Bonchev–Trinajstić information content (AvgIpc) is 3.10. The molecule has 0 amide bonds. The first-order valence-electron chi connectivity index (χ1n) is 8.60. The summed E-state index contributed by atoms with van der Waals surface area (Å²) in [5.41, 5.74) is 1.72. The van der Waals surface area contributed by atoms with Crippen molar-refractivity contribution in [2.45, 2.75) is 12.0 Å². The van der Waals surface area contributed by atoms with Crippen molar-refractivity contribution >= 4 is 32.4 Å². The molecule has 0 saturated heterocycles. The number of aromatic nitrogens is 5. The number of benzene rings is 2. The van der Waals surface area contributed by atoms with Crippen LogP contribution in [0.3, 0.4) is 0 Å². The number of aromatic amines is 1. The van der Waals surface area contributed by atoms with E-state index in [1.54, 1.807) is 4.68 Å². The molecule has 2 N–H and O–H groups in total. The number of nitrogens with zero attached hydrogens (tertiary/aromatic N) is 4. The van der Waals surface area contributed by atoms with E-state index in [9.17, 15) is 9.18 Å². The maximum Gasteiger partial charge on any atom is 0.272 e. The van der Waals surface area contributed by atoms with Gasteiger partial charge in [-0.05, 0) is 29.8 Å². The number of hydrogen-bond donors (Lipinski definition) is 2.